The quantitative estimate of drug-likeness (QED) is 0.406. The molecule has 0 rings (SSSR count). The van der Waals surface area contributed by atoms with Crippen LogP contribution in [-0.4, -0.2) is 62.9 Å². The van der Waals surface area contributed by atoms with Crippen LogP contribution in [0.25, 0.3) is 0 Å². The number of carbonyl (C=O) groups excluding carboxylic acids is 4. The molecule has 0 aliphatic carbocycles. The highest BCUT2D eigenvalue weighted by Gasteiger charge is 2.38. The van der Waals surface area contributed by atoms with Crippen LogP contribution in [0.3, 0.4) is 0 Å². The molecule has 114 valence electrons. The van der Waals surface area contributed by atoms with Crippen LogP contribution in [0.2, 0.25) is 0 Å². The summed E-state index contributed by atoms with van der Waals surface area (Å²) in [6, 6.07) is -1.47. The molecule has 0 saturated heterocycles. The van der Waals surface area contributed by atoms with E-state index in [9.17, 15) is 19.2 Å². The van der Waals surface area contributed by atoms with Gasteiger partial charge in [0.1, 0.15) is 12.6 Å². The van der Waals surface area contributed by atoms with E-state index in [1.807, 2.05) is 0 Å². The highest BCUT2D eigenvalue weighted by molar-refractivity contribution is 5.91. The maximum Gasteiger partial charge on any atom is 0.329 e. The van der Waals surface area contributed by atoms with Crippen LogP contribution < -0.4 is 5.32 Å². The summed E-state index contributed by atoms with van der Waals surface area (Å²) in [4.78, 5) is 45.7. The Balaban J connectivity index is 5.26. The SMILES string of the molecule is COC(=O)C[C@H](C(=O)OC)[C@@H](NC(=O)CO)C(=O)OC. The molecule has 0 fully saturated rings. The normalized spacial score (nSPS) is 12.8. The number of methoxy groups -OCH3 is 3. The minimum Gasteiger partial charge on any atom is -0.469 e. The zero-order chi connectivity index (χ0) is 15.7. The van der Waals surface area contributed by atoms with Crippen molar-refractivity contribution in [2.45, 2.75) is 12.5 Å². The molecule has 0 bridgehead atoms. The summed E-state index contributed by atoms with van der Waals surface area (Å²) in [5, 5.41) is 10.8. The molecule has 20 heavy (non-hydrogen) atoms. The van der Waals surface area contributed by atoms with Gasteiger partial charge in [-0.25, -0.2) is 4.79 Å². The second-order valence-electron chi connectivity index (χ2n) is 3.64. The van der Waals surface area contributed by atoms with Crippen molar-refractivity contribution in [2.75, 3.05) is 27.9 Å². The summed E-state index contributed by atoms with van der Waals surface area (Å²) in [5.74, 6) is -4.85. The third-order valence-electron chi connectivity index (χ3n) is 2.44. The molecule has 2 N–H and O–H groups in total. The van der Waals surface area contributed by atoms with Crippen molar-refractivity contribution in [2.24, 2.45) is 5.92 Å². The molecule has 0 heterocycles. The Morgan fingerprint density at radius 1 is 1.00 bits per heavy atom. The molecule has 0 saturated carbocycles. The zero-order valence-corrected chi connectivity index (χ0v) is 11.4. The van der Waals surface area contributed by atoms with Gasteiger partial charge in [0, 0.05) is 0 Å². The maximum atomic E-state index is 11.6. The standard InChI is InChI=1S/C11H17NO8/c1-18-8(15)4-6(10(16)19-2)9(11(17)20-3)12-7(14)5-13/h6,9,13H,4-5H2,1-3H3,(H,12,14)/t6-,9+/m0/s1. The van der Waals surface area contributed by atoms with Crippen molar-refractivity contribution in [3.05, 3.63) is 0 Å². The Labute approximate surface area is 115 Å². The van der Waals surface area contributed by atoms with E-state index in [0.29, 0.717) is 0 Å². The third kappa shape index (κ3) is 5.22. The first-order valence-corrected chi connectivity index (χ1v) is 5.53. The predicted molar refractivity (Wildman–Crippen MR) is 63.2 cm³/mol. The average Bonchev–Trinajstić information content (AvgIpc) is 2.48. The first kappa shape index (κ1) is 17.8. The van der Waals surface area contributed by atoms with Gasteiger partial charge in [0.15, 0.2) is 0 Å². The smallest absolute Gasteiger partial charge is 0.329 e. The molecule has 2 atom stereocenters. The Bertz CT molecular complexity index is 345. The van der Waals surface area contributed by atoms with Crippen LogP contribution in [0.5, 0.6) is 0 Å². The lowest BCUT2D eigenvalue weighted by Crippen LogP contribution is -2.50. The number of hydrogen-bond acceptors (Lipinski definition) is 8. The van der Waals surface area contributed by atoms with Crippen molar-refractivity contribution in [3.8, 4) is 0 Å². The van der Waals surface area contributed by atoms with Gasteiger partial charge in [-0.2, -0.15) is 0 Å². The van der Waals surface area contributed by atoms with Crippen molar-refractivity contribution in [1.82, 2.24) is 5.32 Å². The van der Waals surface area contributed by atoms with Crippen molar-refractivity contribution in [1.29, 1.82) is 0 Å². The molecular formula is C11H17NO8. The molecule has 0 aromatic heterocycles. The number of carbonyl (C=O) groups is 4. The van der Waals surface area contributed by atoms with Crippen LogP contribution in [0.4, 0.5) is 0 Å². The first-order valence-electron chi connectivity index (χ1n) is 5.53. The number of hydrogen-bond donors (Lipinski definition) is 2. The van der Waals surface area contributed by atoms with E-state index >= 15 is 0 Å². The van der Waals surface area contributed by atoms with E-state index in [0.717, 1.165) is 21.3 Å². The molecule has 0 aliphatic heterocycles. The second kappa shape index (κ2) is 8.86. The van der Waals surface area contributed by atoms with Gasteiger partial charge in [0.2, 0.25) is 5.91 Å². The van der Waals surface area contributed by atoms with E-state index in [1.165, 1.54) is 0 Å². The second-order valence-corrected chi connectivity index (χ2v) is 3.64. The fraction of sp³-hybridized carbons (Fsp3) is 0.636. The number of esters is 3. The van der Waals surface area contributed by atoms with Gasteiger partial charge < -0.3 is 24.6 Å². The lowest BCUT2D eigenvalue weighted by Gasteiger charge is -2.23. The van der Waals surface area contributed by atoms with Gasteiger partial charge in [0.25, 0.3) is 0 Å². The Morgan fingerprint density at radius 2 is 1.55 bits per heavy atom. The number of nitrogens with one attached hydrogen (secondary N) is 1. The van der Waals surface area contributed by atoms with Crippen molar-refractivity contribution >= 4 is 23.8 Å². The fourth-order valence-electron chi connectivity index (χ4n) is 1.42. The predicted octanol–water partition coefficient (Wildman–Crippen LogP) is -2.01. The van der Waals surface area contributed by atoms with Gasteiger partial charge >= 0.3 is 17.9 Å². The summed E-state index contributed by atoms with van der Waals surface area (Å²) in [7, 11) is 3.22. The maximum absolute atomic E-state index is 11.6. The zero-order valence-electron chi connectivity index (χ0n) is 11.4. The Morgan fingerprint density at radius 3 is 1.95 bits per heavy atom. The number of rotatable bonds is 7. The number of aliphatic hydroxyl groups excluding tert-OH is 1. The molecule has 9 heteroatoms. The van der Waals surface area contributed by atoms with E-state index in [-0.39, 0.29) is 0 Å². The van der Waals surface area contributed by atoms with Gasteiger partial charge in [-0.05, 0) is 0 Å². The van der Waals surface area contributed by atoms with Gasteiger partial charge in [0.05, 0.1) is 33.7 Å². The molecule has 0 spiro atoms. The monoisotopic (exact) mass is 291 g/mol. The topological polar surface area (TPSA) is 128 Å². The molecule has 1 amide bonds. The van der Waals surface area contributed by atoms with Gasteiger partial charge in [-0.3, -0.25) is 14.4 Å². The number of ether oxygens (including phenoxy) is 3. The van der Waals surface area contributed by atoms with Crippen LogP contribution in [0, 0.1) is 5.92 Å². The third-order valence-corrected chi connectivity index (χ3v) is 2.44. The van der Waals surface area contributed by atoms with E-state index < -0.39 is 48.8 Å². The molecule has 0 aromatic rings. The van der Waals surface area contributed by atoms with Crippen molar-refractivity contribution in [3.63, 3.8) is 0 Å². The summed E-state index contributed by atoms with van der Waals surface area (Å²) in [6.45, 7) is -0.889. The summed E-state index contributed by atoms with van der Waals surface area (Å²) < 4.78 is 13.3. The van der Waals surface area contributed by atoms with Crippen LogP contribution in [-0.2, 0) is 33.4 Å². The molecule has 0 unspecified atom stereocenters. The molecular weight excluding hydrogens is 274 g/mol. The lowest BCUT2D eigenvalue weighted by molar-refractivity contribution is -0.159. The van der Waals surface area contributed by atoms with Crippen LogP contribution in [0.1, 0.15) is 6.42 Å². The molecule has 0 aromatic carbocycles. The molecule has 9 nitrogen and oxygen atoms in total. The number of amides is 1. The van der Waals surface area contributed by atoms with Crippen LogP contribution >= 0.6 is 0 Å². The molecule has 0 aliphatic rings. The van der Waals surface area contributed by atoms with Gasteiger partial charge in [-0.15, -0.1) is 0 Å². The Hall–Kier alpha value is -2.16. The van der Waals surface area contributed by atoms with Gasteiger partial charge in [-0.1, -0.05) is 0 Å². The summed E-state index contributed by atoms with van der Waals surface area (Å²) >= 11 is 0. The fourth-order valence-corrected chi connectivity index (χ4v) is 1.42. The Kier molecular flexibility index (Phi) is 7.90. The van der Waals surface area contributed by atoms with E-state index in [1.54, 1.807) is 0 Å². The van der Waals surface area contributed by atoms with E-state index in [2.05, 4.69) is 19.5 Å². The average molecular weight is 291 g/mol. The minimum atomic E-state index is -1.47. The lowest BCUT2D eigenvalue weighted by atomic mass is 9.96. The summed E-state index contributed by atoms with van der Waals surface area (Å²) in [6.07, 6.45) is -0.491. The highest BCUT2D eigenvalue weighted by Crippen LogP contribution is 2.14. The number of aliphatic hydroxyl groups is 1. The van der Waals surface area contributed by atoms with Crippen LogP contribution in [0.15, 0.2) is 0 Å². The minimum absolute atomic E-state index is 0.491. The van der Waals surface area contributed by atoms with Crippen molar-refractivity contribution < 1.29 is 38.5 Å². The first-order chi connectivity index (χ1) is 9.40. The summed E-state index contributed by atoms with van der Waals surface area (Å²) in [5.41, 5.74) is 0. The highest BCUT2D eigenvalue weighted by atomic mass is 16.5. The largest absolute Gasteiger partial charge is 0.469 e. The molecule has 0 radical (unpaired) electrons. The van der Waals surface area contributed by atoms with E-state index in [4.69, 9.17) is 5.11 Å².